The highest BCUT2D eigenvalue weighted by molar-refractivity contribution is 5.80. The number of carboxylic acids is 2. The average Bonchev–Trinajstić information content (AvgIpc) is 2.01. The lowest BCUT2D eigenvalue weighted by Crippen LogP contribution is -2.07. The smallest absolute Gasteiger partial charge is 0.300 e. The van der Waals surface area contributed by atoms with Crippen molar-refractivity contribution in [1.82, 2.24) is 0 Å². The number of aliphatic hydroxyl groups excluding tert-OH is 2. The van der Waals surface area contributed by atoms with Crippen LogP contribution in [0.5, 0.6) is 0 Å². The molecule has 0 saturated carbocycles. The van der Waals surface area contributed by atoms with Crippen LogP contribution in [-0.4, -0.2) is 51.4 Å². The van der Waals surface area contributed by atoms with Crippen molar-refractivity contribution >= 4 is 17.7 Å². The van der Waals surface area contributed by atoms with Crippen LogP contribution >= 0.6 is 0 Å². The van der Waals surface area contributed by atoms with Gasteiger partial charge < -0.3 is 20.4 Å². The Morgan fingerprint density at radius 1 is 0.857 bits per heavy atom. The van der Waals surface area contributed by atoms with Crippen LogP contribution in [0.4, 0.5) is 0 Å². The Hall–Kier alpha value is -1.47. The normalized spacial score (nSPS) is 7.14. The number of rotatable bonds is 2. The minimum Gasteiger partial charge on any atom is -0.481 e. The molecule has 0 unspecified atom stereocenters. The van der Waals surface area contributed by atoms with Crippen LogP contribution in [0.15, 0.2) is 0 Å². The van der Waals surface area contributed by atoms with Crippen molar-refractivity contribution in [3.8, 4) is 0 Å². The second-order valence-electron chi connectivity index (χ2n) is 1.89. The third-order valence-corrected chi connectivity index (χ3v) is 0.353. The zero-order valence-electron chi connectivity index (χ0n) is 7.93. The summed E-state index contributed by atoms with van der Waals surface area (Å²) in [5, 5.41) is 30.5. The summed E-state index contributed by atoms with van der Waals surface area (Å²) < 4.78 is 0. The van der Waals surface area contributed by atoms with Crippen LogP contribution < -0.4 is 0 Å². The molecule has 7 heteroatoms. The van der Waals surface area contributed by atoms with Gasteiger partial charge in [-0.25, -0.2) is 0 Å². The van der Waals surface area contributed by atoms with Gasteiger partial charge in [-0.15, -0.1) is 0 Å². The van der Waals surface area contributed by atoms with E-state index in [1.165, 1.54) is 0 Å². The second kappa shape index (κ2) is 14.1. The van der Waals surface area contributed by atoms with E-state index in [0.717, 1.165) is 13.8 Å². The zero-order valence-corrected chi connectivity index (χ0v) is 7.93. The maximum atomic E-state index is 9.68. The first-order chi connectivity index (χ1) is 6.27. The summed E-state index contributed by atoms with van der Waals surface area (Å²) in [6.45, 7) is 1.05. The molecular formula is C7H14O7. The molecule has 0 saturated heterocycles. The average molecular weight is 210 g/mol. The quantitative estimate of drug-likeness (QED) is 0.446. The van der Waals surface area contributed by atoms with E-state index >= 15 is 0 Å². The molecule has 0 bridgehead atoms. The molecule has 0 fully saturated rings. The van der Waals surface area contributed by atoms with Crippen molar-refractivity contribution in [1.29, 1.82) is 0 Å². The Balaban J connectivity index is -0.000000135. The van der Waals surface area contributed by atoms with E-state index in [1.807, 2.05) is 0 Å². The molecule has 0 aliphatic carbocycles. The minimum absolute atomic E-state index is 0.546. The van der Waals surface area contributed by atoms with Crippen LogP contribution in [0.25, 0.3) is 0 Å². The van der Waals surface area contributed by atoms with Gasteiger partial charge in [0.1, 0.15) is 13.2 Å². The summed E-state index contributed by atoms with van der Waals surface area (Å²) in [5.74, 6) is -2.21. The molecule has 0 heterocycles. The lowest BCUT2D eigenvalue weighted by atomic mass is 10.5. The van der Waals surface area contributed by atoms with Gasteiger partial charge in [-0.2, -0.15) is 0 Å². The first-order valence-corrected chi connectivity index (χ1v) is 3.40. The Kier molecular flexibility index (Phi) is 18.4. The maximum absolute atomic E-state index is 9.68. The molecule has 0 rings (SSSR count). The predicted octanol–water partition coefficient (Wildman–Crippen LogP) is -1.28. The third kappa shape index (κ3) is 149. The molecule has 14 heavy (non-hydrogen) atoms. The Bertz CT molecular complexity index is 149. The number of aliphatic carboxylic acids is 2. The summed E-state index contributed by atoms with van der Waals surface area (Å²) in [6, 6.07) is 0. The fourth-order valence-electron chi connectivity index (χ4n) is 0.0500. The van der Waals surface area contributed by atoms with Crippen molar-refractivity contribution in [2.75, 3.05) is 13.2 Å². The number of Topliss-reactive ketones (excluding diaryl/α,β-unsaturated/α-hetero) is 1. The minimum atomic E-state index is -0.833. The number of hydrogen-bond donors (Lipinski definition) is 4. The number of aliphatic hydroxyl groups is 2. The van der Waals surface area contributed by atoms with Crippen LogP contribution in [0.2, 0.25) is 0 Å². The molecule has 84 valence electrons. The summed E-state index contributed by atoms with van der Waals surface area (Å²) >= 11 is 0. The van der Waals surface area contributed by atoms with Gasteiger partial charge in [-0.1, -0.05) is 0 Å². The first kappa shape index (κ1) is 18.3. The SMILES string of the molecule is CC(=O)O.CC(=O)O.O=C(CO)CO. The summed E-state index contributed by atoms with van der Waals surface area (Å²) in [4.78, 5) is 27.7. The van der Waals surface area contributed by atoms with Crippen molar-refractivity contribution in [2.45, 2.75) is 13.8 Å². The van der Waals surface area contributed by atoms with E-state index in [0.29, 0.717) is 0 Å². The topological polar surface area (TPSA) is 132 Å². The molecular weight excluding hydrogens is 196 g/mol. The fourth-order valence-corrected chi connectivity index (χ4v) is 0.0500. The summed E-state index contributed by atoms with van der Waals surface area (Å²) in [7, 11) is 0. The van der Waals surface area contributed by atoms with E-state index < -0.39 is 30.9 Å². The number of hydrogen-bond acceptors (Lipinski definition) is 5. The van der Waals surface area contributed by atoms with Gasteiger partial charge in [0.2, 0.25) is 0 Å². The van der Waals surface area contributed by atoms with Gasteiger partial charge in [0.25, 0.3) is 11.9 Å². The van der Waals surface area contributed by atoms with Crippen molar-refractivity contribution < 1.29 is 34.8 Å². The fraction of sp³-hybridized carbons (Fsp3) is 0.571. The van der Waals surface area contributed by atoms with Gasteiger partial charge in [0.05, 0.1) is 0 Å². The van der Waals surface area contributed by atoms with Crippen LogP contribution in [0, 0.1) is 0 Å². The van der Waals surface area contributed by atoms with Crippen molar-refractivity contribution in [3.05, 3.63) is 0 Å². The molecule has 0 spiro atoms. The monoisotopic (exact) mass is 210 g/mol. The molecule has 0 aliphatic heterocycles. The number of ketones is 1. The van der Waals surface area contributed by atoms with E-state index in [9.17, 15) is 4.79 Å². The second-order valence-corrected chi connectivity index (χ2v) is 1.89. The van der Waals surface area contributed by atoms with Gasteiger partial charge in [0.15, 0.2) is 5.78 Å². The Labute approximate surface area is 80.6 Å². The Morgan fingerprint density at radius 3 is 1.00 bits per heavy atom. The number of carbonyl (C=O) groups is 3. The number of carbonyl (C=O) groups excluding carboxylic acids is 1. The van der Waals surface area contributed by atoms with Crippen LogP contribution in [0.3, 0.4) is 0 Å². The molecule has 7 nitrogen and oxygen atoms in total. The highest BCUT2D eigenvalue weighted by Crippen LogP contribution is 1.59. The van der Waals surface area contributed by atoms with E-state index in [2.05, 4.69) is 0 Å². The van der Waals surface area contributed by atoms with E-state index in [1.54, 1.807) is 0 Å². The summed E-state index contributed by atoms with van der Waals surface area (Å²) in [6.07, 6.45) is 0. The first-order valence-electron chi connectivity index (χ1n) is 3.40. The maximum Gasteiger partial charge on any atom is 0.300 e. The standard InChI is InChI=1S/C3H6O3.2C2H4O2/c4-1-3(6)2-5;2*1-2(3)4/h4-5H,1-2H2;2*1H3,(H,3,4). The van der Waals surface area contributed by atoms with Crippen LogP contribution in [0.1, 0.15) is 13.8 Å². The molecule has 4 N–H and O–H groups in total. The predicted molar refractivity (Wildman–Crippen MR) is 45.8 cm³/mol. The third-order valence-electron chi connectivity index (χ3n) is 0.353. The lowest BCUT2D eigenvalue weighted by Gasteiger charge is -1.81. The van der Waals surface area contributed by atoms with Gasteiger partial charge in [-0.3, -0.25) is 14.4 Å². The van der Waals surface area contributed by atoms with Gasteiger partial charge >= 0.3 is 0 Å². The molecule has 0 radical (unpaired) electrons. The summed E-state index contributed by atoms with van der Waals surface area (Å²) in [5.41, 5.74) is 0. The highest BCUT2D eigenvalue weighted by Gasteiger charge is 1.89. The number of carboxylic acid groups (broad SMARTS) is 2. The zero-order chi connectivity index (χ0) is 12.1. The lowest BCUT2D eigenvalue weighted by molar-refractivity contribution is -0.135. The van der Waals surface area contributed by atoms with Crippen molar-refractivity contribution in [3.63, 3.8) is 0 Å². The molecule has 0 atom stereocenters. The van der Waals surface area contributed by atoms with Crippen molar-refractivity contribution in [2.24, 2.45) is 0 Å². The van der Waals surface area contributed by atoms with Gasteiger partial charge in [0, 0.05) is 13.8 Å². The van der Waals surface area contributed by atoms with E-state index in [-0.39, 0.29) is 0 Å². The molecule has 0 aliphatic rings. The van der Waals surface area contributed by atoms with Gasteiger partial charge in [-0.05, 0) is 0 Å². The molecule has 0 aromatic carbocycles. The Morgan fingerprint density at radius 2 is 1.00 bits per heavy atom. The highest BCUT2D eigenvalue weighted by atomic mass is 16.4. The molecule has 0 aromatic rings. The largest absolute Gasteiger partial charge is 0.481 e. The van der Waals surface area contributed by atoms with Crippen LogP contribution in [-0.2, 0) is 14.4 Å². The van der Waals surface area contributed by atoms with E-state index in [4.69, 9.17) is 30.0 Å². The molecule has 0 amide bonds. The molecule has 0 aromatic heterocycles.